The Kier molecular flexibility index (Phi) is 4.39. The quantitative estimate of drug-likeness (QED) is 0.674. The first-order valence-electron chi connectivity index (χ1n) is 4.99. The number of rotatable bonds is 5. The maximum Gasteiger partial charge on any atom is 0.161 e. The van der Waals surface area contributed by atoms with Crippen molar-refractivity contribution in [3.8, 4) is 11.5 Å². The minimum absolute atomic E-state index is 0.00710. The molecule has 0 aromatic heterocycles. The summed E-state index contributed by atoms with van der Waals surface area (Å²) in [6.07, 6.45) is 0. The number of hydrogen-bond donors (Lipinski definition) is 3. The van der Waals surface area contributed by atoms with Gasteiger partial charge in [0.25, 0.3) is 0 Å². The molecule has 1 aromatic carbocycles. The van der Waals surface area contributed by atoms with E-state index in [0.29, 0.717) is 18.9 Å². The zero-order valence-corrected chi connectivity index (χ0v) is 8.81. The topological polar surface area (TPSA) is 75.7 Å². The number of aromatic hydroxyl groups is 1. The molecule has 4 N–H and O–H groups in total. The van der Waals surface area contributed by atoms with Crippen LogP contribution in [0.1, 0.15) is 18.4 Å². The van der Waals surface area contributed by atoms with Crippen LogP contribution in [0.4, 0.5) is 0 Å². The van der Waals surface area contributed by atoms with Crippen LogP contribution in [-0.4, -0.2) is 30.0 Å². The van der Waals surface area contributed by atoms with Gasteiger partial charge in [0.1, 0.15) is 0 Å². The molecular weight excluding hydrogens is 194 g/mol. The molecule has 84 valence electrons. The SMILES string of the molecule is CCOc1cc(C(CN)CO)ccc1O. The largest absolute Gasteiger partial charge is 0.504 e. The summed E-state index contributed by atoms with van der Waals surface area (Å²) in [6, 6.07) is 5.01. The van der Waals surface area contributed by atoms with Gasteiger partial charge in [-0.3, -0.25) is 0 Å². The number of benzene rings is 1. The Morgan fingerprint density at radius 2 is 2.20 bits per heavy atom. The van der Waals surface area contributed by atoms with Gasteiger partial charge in [0.15, 0.2) is 11.5 Å². The molecule has 15 heavy (non-hydrogen) atoms. The van der Waals surface area contributed by atoms with Gasteiger partial charge in [0.05, 0.1) is 13.2 Å². The number of nitrogens with two attached hydrogens (primary N) is 1. The molecule has 0 spiro atoms. The molecule has 0 fully saturated rings. The highest BCUT2D eigenvalue weighted by Crippen LogP contribution is 2.29. The van der Waals surface area contributed by atoms with Crippen molar-refractivity contribution >= 4 is 0 Å². The minimum Gasteiger partial charge on any atom is -0.504 e. The molecule has 0 heterocycles. The molecule has 4 heteroatoms. The zero-order valence-electron chi connectivity index (χ0n) is 8.81. The maximum atomic E-state index is 9.47. The average Bonchev–Trinajstić information content (AvgIpc) is 2.25. The standard InChI is InChI=1S/C11H17NO3/c1-2-15-11-5-8(3-4-10(11)14)9(6-12)7-13/h3-5,9,13-14H,2,6-7,12H2,1H3. The highest BCUT2D eigenvalue weighted by molar-refractivity contribution is 5.43. The first kappa shape index (κ1) is 11.8. The lowest BCUT2D eigenvalue weighted by atomic mass is 10.00. The van der Waals surface area contributed by atoms with E-state index >= 15 is 0 Å². The third kappa shape index (κ3) is 2.84. The second kappa shape index (κ2) is 5.58. The minimum atomic E-state index is -0.107. The third-order valence-corrected chi connectivity index (χ3v) is 2.26. The summed E-state index contributed by atoms with van der Waals surface area (Å²) in [6.45, 7) is 2.70. The van der Waals surface area contributed by atoms with Crippen LogP contribution in [0.3, 0.4) is 0 Å². The monoisotopic (exact) mass is 211 g/mol. The van der Waals surface area contributed by atoms with Crippen LogP contribution in [0.15, 0.2) is 18.2 Å². The van der Waals surface area contributed by atoms with E-state index in [-0.39, 0.29) is 18.3 Å². The van der Waals surface area contributed by atoms with E-state index < -0.39 is 0 Å². The normalized spacial score (nSPS) is 12.5. The summed E-state index contributed by atoms with van der Waals surface area (Å²) in [5.74, 6) is 0.431. The van der Waals surface area contributed by atoms with Crippen LogP contribution in [0, 0.1) is 0 Å². The molecule has 0 aliphatic rings. The molecule has 0 bridgehead atoms. The smallest absolute Gasteiger partial charge is 0.161 e. The molecule has 4 nitrogen and oxygen atoms in total. The Balaban J connectivity index is 2.95. The summed E-state index contributed by atoms with van der Waals surface area (Å²) < 4.78 is 5.24. The maximum absolute atomic E-state index is 9.47. The van der Waals surface area contributed by atoms with E-state index in [1.165, 1.54) is 0 Å². The molecule has 1 unspecified atom stereocenters. The van der Waals surface area contributed by atoms with Crippen molar-refractivity contribution in [1.82, 2.24) is 0 Å². The molecule has 0 amide bonds. The molecular formula is C11H17NO3. The van der Waals surface area contributed by atoms with E-state index in [0.717, 1.165) is 5.56 Å². The Bertz CT molecular complexity index is 311. The number of phenolic OH excluding ortho intramolecular Hbond substituents is 1. The zero-order chi connectivity index (χ0) is 11.3. The van der Waals surface area contributed by atoms with Crippen LogP contribution in [0.2, 0.25) is 0 Å². The molecule has 0 saturated carbocycles. The molecule has 1 rings (SSSR count). The van der Waals surface area contributed by atoms with Gasteiger partial charge < -0.3 is 20.7 Å². The Morgan fingerprint density at radius 3 is 2.73 bits per heavy atom. The summed E-state index contributed by atoms with van der Waals surface area (Å²) in [5, 5.41) is 18.6. The lowest BCUT2D eigenvalue weighted by molar-refractivity contribution is 0.267. The van der Waals surface area contributed by atoms with Gasteiger partial charge in [-0.05, 0) is 24.6 Å². The van der Waals surface area contributed by atoms with Crippen LogP contribution >= 0.6 is 0 Å². The van der Waals surface area contributed by atoms with E-state index in [2.05, 4.69) is 0 Å². The number of phenols is 1. The van der Waals surface area contributed by atoms with Crippen LogP contribution < -0.4 is 10.5 Å². The first-order valence-corrected chi connectivity index (χ1v) is 4.99. The average molecular weight is 211 g/mol. The van der Waals surface area contributed by atoms with E-state index in [4.69, 9.17) is 15.6 Å². The van der Waals surface area contributed by atoms with Crippen molar-refractivity contribution < 1.29 is 14.9 Å². The Morgan fingerprint density at radius 1 is 1.47 bits per heavy atom. The highest BCUT2D eigenvalue weighted by Gasteiger charge is 2.11. The Labute approximate surface area is 89.3 Å². The van der Waals surface area contributed by atoms with Gasteiger partial charge >= 0.3 is 0 Å². The lowest BCUT2D eigenvalue weighted by Gasteiger charge is -2.14. The number of aliphatic hydroxyl groups excluding tert-OH is 1. The van der Waals surface area contributed by atoms with E-state index in [9.17, 15) is 5.11 Å². The van der Waals surface area contributed by atoms with Gasteiger partial charge in [-0.25, -0.2) is 0 Å². The predicted molar refractivity (Wildman–Crippen MR) is 58.2 cm³/mol. The fourth-order valence-corrected chi connectivity index (χ4v) is 1.37. The fraction of sp³-hybridized carbons (Fsp3) is 0.455. The molecule has 0 radical (unpaired) electrons. The molecule has 1 aromatic rings. The second-order valence-corrected chi connectivity index (χ2v) is 3.28. The summed E-state index contributed by atoms with van der Waals surface area (Å²) in [5.41, 5.74) is 6.39. The summed E-state index contributed by atoms with van der Waals surface area (Å²) in [4.78, 5) is 0. The fourth-order valence-electron chi connectivity index (χ4n) is 1.37. The van der Waals surface area contributed by atoms with Gasteiger partial charge in [-0.15, -0.1) is 0 Å². The van der Waals surface area contributed by atoms with Crippen molar-refractivity contribution in [1.29, 1.82) is 0 Å². The Hall–Kier alpha value is -1.26. The van der Waals surface area contributed by atoms with E-state index in [1.54, 1.807) is 18.2 Å². The highest BCUT2D eigenvalue weighted by atomic mass is 16.5. The van der Waals surface area contributed by atoms with Gasteiger partial charge in [-0.1, -0.05) is 6.07 Å². The van der Waals surface area contributed by atoms with Gasteiger partial charge in [-0.2, -0.15) is 0 Å². The van der Waals surface area contributed by atoms with Crippen LogP contribution in [0.25, 0.3) is 0 Å². The van der Waals surface area contributed by atoms with E-state index in [1.807, 2.05) is 6.92 Å². The van der Waals surface area contributed by atoms with Crippen LogP contribution in [0.5, 0.6) is 11.5 Å². The van der Waals surface area contributed by atoms with Gasteiger partial charge in [0.2, 0.25) is 0 Å². The van der Waals surface area contributed by atoms with Gasteiger partial charge in [0, 0.05) is 12.5 Å². The van der Waals surface area contributed by atoms with Crippen molar-refractivity contribution in [2.45, 2.75) is 12.8 Å². The van der Waals surface area contributed by atoms with Crippen molar-refractivity contribution in [2.24, 2.45) is 5.73 Å². The van der Waals surface area contributed by atoms with Crippen molar-refractivity contribution in [3.05, 3.63) is 23.8 Å². The predicted octanol–water partition coefficient (Wildman–Crippen LogP) is 0.825. The third-order valence-electron chi connectivity index (χ3n) is 2.26. The molecule has 0 saturated heterocycles. The summed E-state index contributed by atoms with van der Waals surface area (Å²) in [7, 11) is 0. The van der Waals surface area contributed by atoms with Crippen molar-refractivity contribution in [2.75, 3.05) is 19.8 Å². The molecule has 0 aliphatic carbocycles. The molecule has 0 aliphatic heterocycles. The number of aliphatic hydroxyl groups is 1. The number of hydrogen-bond acceptors (Lipinski definition) is 4. The van der Waals surface area contributed by atoms with Crippen molar-refractivity contribution in [3.63, 3.8) is 0 Å². The first-order chi connectivity index (χ1) is 7.22. The summed E-state index contributed by atoms with van der Waals surface area (Å²) >= 11 is 0. The second-order valence-electron chi connectivity index (χ2n) is 3.28. The lowest BCUT2D eigenvalue weighted by Crippen LogP contribution is -2.16. The number of ether oxygens (including phenoxy) is 1. The molecule has 1 atom stereocenters. The van der Waals surface area contributed by atoms with Crippen LogP contribution in [-0.2, 0) is 0 Å².